The van der Waals surface area contributed by atoms with Gasteiger partial charge in [0.1, 0.15) is 0 Å². The van der Waals surface area contributed by atoms with E-state index in [1.807, 2.05) is 0 Å². The highest BCUT2D eigenvalue weighted by atomic mass is 19.4. The maximum absolute atomic E-state index is 13.9. The number of carboxylic acids is 2. The van der Waals surface area contributed by atoms with Crippen LogP contribution in [0.15, 0.2) is 0 Å². The Morgan fingerprint density at radius 3 is 0.788 bits per heavy atom. The van der Waals surface area contributed by atoms with Gasteiger partial charge in [0.25, 0.3) is 0 Å². The van der Waals surface area contributed by atoms with Crippen molar-refractivity contribution in [1.82, 2.24) is 0 Å². The molecule has 0 heterocycles. The van der Waals surface area contributed by atoms with Crippen LogP contribution in [0.5, 0.6) is 0 Å². The van der Waals surface area contributed by atoms with Gasteiger partial charge in [0.05, 0.1) is 0 Å². The Hall–Kier alpha value is -2.32. The first-order chi connectivity index (χ1) is 13.9. The van der Waals surface area contributed by atoms with Gasteiger partial charge < -0.3 is 10.2 Å². The standard InChI is InChI=1S/C11H2F18O4/c12-4(13,3(1(30)31,2(32)33)5(14,15)10(24,25)26)6(16,17)7(18,19)8(20,21)9(22,23)11(27,28)29/h(H,30,31)(H,32,33). The van der Waals surface area contributed by atoms with Gasteiger partial charge in [0.15, 0.2) is 0 Å². The van der Waals surface area contributed by atoms with E-state index in [1.54, 1.807) is 0 Å². The topological polar surface area (TPSA) is 74.6 Å². The molecular formula is C11H2F18O4. The SMILES string of the molecule is O=C(O)C(C(=O)O)(C(F)(F)C(F)(F)F)C(F)(F)C(F)(F)C(F)(F)C(F)(F)C(F)(F)C(F)(F)F. The number of alkyl halides is 18. The fourth-order valence-electron chi connectivity index (χ4n) is 2.04. The molecule has 196 valence electrons. The predicted molar refractivity (Wildman–Crippen MR) is 59.5 cm³/mol. The Labute approximate surface area is 165 Å². The number of carboxylic acid groups (broad SMARTS) is 2. The normalized spacial score (nSPS) is 16.1. The fraction of sp³-hybridized carbons (Fsp3) is 0.818. The third-order valence-corrected chi connectivity index (χ3v) is 3.87. The molecule has 0 aromatic carbocycles. The molecule has 0 amide bonds. The monoisotopic (exact) mass is 540 g/mol. The van der Waals surface area contributed by atoms with Crippen molar-refractivity contribution in [2.75, 3.05) is 0 Å². The van der Waals surface area contributed by atoms with Gasteiger partial charge in [0.2, 0.25) is 0 Å². The van der Waals surface area contributed by atoms with Crippen LogP contribution in [0.25, 0.3) is 0 Å². The lowest BCUT2D eigenvalue weighted by Gasteiger charge is -2.45. The quantitative estimate of drug-likeness (QED) is 0.333. The first-order valence-corrected chi connectivity index (χ1v) is 6.76. The van der Waals surface area contributed by atoms with Crippen LogP contribution in [0, 0.1) is 5.41 Å². The van der Waals surface area contributed by atoms with E-state index < -0.39 is 65.2 Å². The maximum atomic E-state index is 13.9. The summed E-state index contributed by atoms with van der Waals surface area (Å²) in [7, 11) is 0. The lowest BCUT2D eigenvalue weighted by atomic mass is 9.70. The Bertz CT molecular complexity index is 776. The Kier molecular flexibility index (Phi) is 6.82. The zero-order chi connectivity index (χ0) is 27.7. The molecule has 22 heteroatoms. The number of rotatable bonds is 8. The smallest absolute Gasteiger partial charge is 0.460 e. The number of hydrogen-bond donors (Lipinski definition) is 2. The van der Waals surface area contributed by atoms with E-state index in [4.69, 9.17) is 10.2 Å². The van der Waals surface area contributed by atoms with Crippen LogP contribution in [0.4, 0.5) is 79.0 Å². The Balaban J connectivity index is 7.61. The summed E-state index contributed by atoms with van der Waals surface area (Å²) < 4.78 is 233. The molecular weight excluding hydrogens is 538 g/mol. The summed E-state index contributed by atoms with van der Waals surface area (Å²) in [6.07, 6.45) is -16.0. The van der Waals surface area contributed by atoms with Crippen molar-refractivity contribution >= 4 is 11.9 Å². The molecule has 0 aliphatic heterocycles. The van der Waals surface area contributed by atoms with Crippen molar-refractivity contribution in [2.24, 2.45) is 5.41 Å². The highest BCUT2D eigenvalue weighted by Gasteiger charge is 2.98. The molecule has 4 nitrogen and oxygen atoms in total. The summed E-state index contributed by atoms with van der Waals surface area (Å²) in [5, 5.41) is 16.4. The molecule has 0 aromatic heterocycles. The van der Waals surface area contributed by atoms with Gasteiger partial charge in [-0.1, -0.05) is 0 Å². The van der Waals surface area contributed by atoms with Crippen molar-refractivity contribution in [3.8, 4) is 0 Å². The molecule has 0 saturated carbocycles. The molecule has 2 N–H and O–H groups in total. The van der Waals surface area contributed by atoms with E-state index in [2.05, 4.69) is 0 Å². The number of halogens is 18. The van der Waals surface area contributed by atoms with Crippen molar-refractivity contribution < 1.29 is 98.8 Å². The third kappa shape index (κ3) is 3.41. The van der Waals surface area contributed by atoms with E-state index in [0.717, 1.165) is 0 Å². The number of aliphatic carboxylic acids is 2. The van der Waals surface area contributed by atoms with E-state index in [-0.39, 0.29) is 0 Å². The Morgan fingerprint density at radius 2 is 0.576 bits per heavy atom. The minimum Gasteiger partial charge on any atom is -0.480 e. The van der Waals surface area contributed by atoms with E-state index in [1.165, 1.54) is 0 Å². The average molecular weight is 540 g/mol. The molecule has 0 atom stereocenters. The molecule has 0 fully saturated rings. The highest BCUT2D eigenvalue weighted by molar-refractivity contribution is 6.01. The van der Waals surface area contributed by atoms with E-state index in [0.29, 0.717) is 0 Å². The van der Waals surface area contributed by atoms with Crippen LogP contribution in [-0.4, -0.2) is 70.0 Å². The number of hydrogen-bond acceptors (Lipinski definition) is 2. The first-order valence-electron chi connectivity index (χ1n) is 6.76. The van der Waals surface area contributed by atoms with Gasteiger partial charge in [-0.15, -0.1) is 0 Å². The molecule has 0 spiro atoms. The fourth-order valence-corrected chi connectivity index (χ4v) is 2.04. The highest BCUT2D eigenvalue weighted by Crippen LogP contribution is 2.66. The van der Waals surface area contributed by atoms with Gasteiger partial charge >= 0.3 is 65.2 Å². The van der Waals surface area contributed by atoms with Crippen LogP contribution in [0.1, 0.15) is 0 Å². The molecule has 0 aliphatic rings. The molecule has 0 saturated heterocycles. The van der Waals surface area contributed by atoms with Gasteiger partial charge in [-0.3, -0.25) is 9.59 Å². The predicted octanol–water partition coefficient (Wildman–Crippen LogP) is 5.08. The summed E-state index contributed by atoms with van der Waals surface area (Å²) in [6.45, 7) is 0. The van der Waals surface area contributed by atoms with Gasteiger partial charge in [-0.25, -0.2) is 0 Å². The molecule has 0 rings (SSSR count). The summed E-state index contributed by atoms with van der Waals surface area (Å²) in [5.41, 5.74) is -7.91. The number of carbonyl (C=O) groups is 2. The minimum absolute atomic E-state index is 4.95. The van der Waals surface area contributed by atoms with E-state index >= 15 is 0 Å². The van der Waals surface area contributed by atoms with Gasteiger partial charge in [-0.05, 0) is 0 Å². The Morgan fingerprint density at radius 1 is 0.364 bits per heavy atom. The summed E-state index contributed by atoms with van der Waals surface area (Å²) in [4.78, 5) is 21.3. The average Bonchev–Trinajstić information content (AvgIpc) is 2.50. The molecule has 33 heavy (non-hydrogen) atoms. The summed E-state index contributed by atoms with van der Waals surface area (Å²) in [6, 6.07) is 0. The molecule has 0 unspecified atom stereocenters. The maximum Gasteiger partial charge on any atom is 0.460 e. The van der Waals surface area contributed by atoms with Crippen LogP contribution in [0.2, 0.25) is 0 Å². The molecule has 0 aromatic rings. The minimum atomic E-state index is -9.07. The van der Waals surface area contributed by atoms with Crippen LogP contribution in [-0.2, 0) is 9.59 Å². The first kappa shape index (κ1) is 30.7. The van der Waals surface area contributed by atoms with Crippen molar-refractivity contribution in [2.45, 2.75) is 47.9 Å². The molecule has 0 bridgehead atoms. The second-order valence-corrected chi connectivity index (χ2v) is 5.80. The van der Waals surface area contributed by atoms with Crippen molar-refractivity contribution in [3.05, 3.63) is 0 Å². The van der Waals surface area contributed by atoms with Crippen LogP contribution in [0.3, 0.4) is 0 Å². The van der Waals surface area contributed by atoms with Gasteiger partial charge in [0, 0.05) is 0 Å². The third-order valence-electron chi connectivity index (χ3n) is 3.87. The lowest BCUT2D eigenvalue weighted by Crippen LogP contribution is -2.78. The molecule has 0 aliphatic carbocycles. The van der Waals surface area contributed by atoms with Gasteiger partial charge in [-0.2, -0.15) is 79.0 Å². The summed E-state index contributed by atoms with van der Waals surface area (Å²) in [5.74, 6) is -62.4. The van der Waals surface area contributed by atoms with Crippen LogP contribution >= 0.6 is 0 Å². The van der Waals surface area contributed by atoms with Crippen molar-refractivity contribution in [3.63, 3.8) is 0 Å². The second kappa shape index (κ2) is 7.34. The zero-order valence-electron chi connectivity index (χ0n) is 14.0. The zero-order valence-corrected chi connectivity index (χ0v) is 14.0. The van der Waals surface area contributed by atoms with E-state index in [9.17, 15) is 88.6 Å². The van der Waals surface area contributed by atoms with Crippen LogP contribution < -0.4 is 0 Å². The summed E-state index contributed by atoms with van der Waals surface area (Å²) >= 11 is 0. The molecule has 0 radical (unpaired) electrons. The van der Waals surface area contributed by atoms with Crippen molar-refractivity contribution in [1.29, 1.82) is 0 Å². The lowest BCUT2D eigenvalue weighted by molar-refractivity contribution is -0.454. The second-order valence-electron chi connectivity index (χ2n) is 5.80. The largest absolute Gasteiger partial charge is 0.480 e.